The molecule has 0 aromatic carbocycles. The Morgan fingerprint density at radius 2 is 2.29 bits per heavy atom. The molecule has 2 N–H and O–H groups in total. The van der Waals surface area contributed by atoms with Crippen LogP contribution in [0.15, 0.2) is 0 Å². The second kappa shape index (κ2) is 2.03. The van der Waals surface area contributed by atoms with Crippen LogP contribution in [0.1, 0.15) is 6.92 Å². The zero-order valence-electron chi connectivity index (χ0n) is 4.42. The summed E-state index contributed by atoms with van der Waals surface area (Å²) in [5, 5.41) is 5.24. The van der Waals surface area contributed by atoms with Gasteiger partial charge >= 0.3 is 0 Å². The third-order valence-corrected chi connectivity index (χ3v) is 1.78. The summed E-state index contributed by atoms with van der Waals surface area (Å²) in [4.78, 5) is 0. The summed E-state index contributed by atoms with van der Waals surface area (Å²) < 4.78 is 2.14. The van der Waals surface area contributed by atoms with Crippen LogP contribution in [0, 0.1) is 5.92 Å². The maximum absolute atomic E-state index is 5.24. The molecule has 0 amide bonds. The van der Waals surface area contributed by atoms with Gasteiger partial charge < -0.3 is 0 Å². The van der Waals surface area contributed by atoms with E-state index in [1.807, 2.05) is 0 Å². The molecule has 1 aliphatic rings. The van der Waals surface area contributed by atoms with Crippen molar-refractivity contribution < 1.29 is 0 Å². The van der Waals surface area contributed by atoms with Crippen molar-refractivity contribution >= 4 is 12.1 Å². The first kappa shape index (κ1) is 5.41. The minimum Gasteiger partial charge on any atom is -0.264 e. The lowest BCUT2D eigenvalue weighted by Gasteiger charge is -2.33. The fourth-order valence-electron chi connectivity index (χ4n) is 0.728. The predicted molar refractivity (Wildman–Crippen MR) is 32.5 cm³/mol. The fraction of sp³-hybridized carbons (Fsp3) is 1.00. The Balaban J connectivity index is 2.06. The second-order valence-corrected chi connectivity index (χ2v) is 2.78. The van der Waals surface area contributed by atoms with Gasteiger partial charge in [-0.3, -0.25) is 5.14 Å². The summed E-state index contributed by atoms with van der Waals surface area (Å²) in [7, 11) is 0. The summed E-state index contributed by atoms with van der Waals surface area (Å²) >= 11 is 1.35. The van der Waals surface area contributed by atoms with E-state index in [0.717, 1.165) is 5.92 Å². The van der Waals surface area contributed by atoms with Crippen molar-refractivity contribution in [2.75, 3.05) is 13.1 Å². The van der Waals surface area contributed by atoms with Crippen molar-refractivity contribution in [3.05, 3.63) is 0 Å². The maximum atomic E-state index is 5.24. The molecule has 0 saturated carbocycles. The highest BCUT2D eigenvalue weighted by Gasteiger charge is 2.21. The van der Waals surface area contributed by atoms with Crippen LogP contribution in [0.25, 0.3) is 0 Å². The van der Waals surface area contributed by atoms with Crippen LogP contribution in [0.3, 0.4) is 0 Å². The molecule has 42 valence electrons. The molecule has 1 saturated heterocycles. The van der Waals surface area contributed by atoms with E-state index in [9.17, 15) is 0 Å². The third-order valence-electron chi connectivity index (χ3n) is 1.18. The molecule has 1 fully saturated rings. The molecule has 1 heterocycles. The predicted octanol–water partition coefficient (Wildman–Crippen LogP) is 0.460. The number of rotatable bonds is 1. The van der Waals surface area contributed by atoms with Crippen LogP contribution < -0.4 is 5.14 Å². The Morgan fingerprint density at radius 3 is 2.43 bits per heavy atom. The van der Waals surface area contributed by atoms with Crippen molar-refractivity contribution in [2.45, 2.75) is 6.92 Å². The summed E-state index contributed by atoms with van der Waals surface area (Å²) in [5.41, 5.74) is 0. The first-order valence-corrected chi connectivity index (χ1v) is 3.28. The van der Waals surface area contributed by atoms with Gasteiger partial charge in [0, 0.05) is 25.2 Å². The van der Waals surface area contributed by atoms with Gasteiger partial charge in [-0.2, -0.15) is 0 Å². The van der Waals surface area contributed by atoms with Gasteiger partial charge in [-0.25, -0.2) is 4.31 Å². The Hall–Kier alpha value is 0.270. The van der Waals surface area contributed by atoms with Gasteiger partial charge in [0.1, 0.15) is 0 Å². The molecule has 0 unspecified atom stereocenters. The number of nitrogens with two attached hydrogens (primary N) is 1. The molecule has 3 heteroatoms. The molecule has 0 aromatic heterocycles. The van der Waals surface area contributed by atoms with Gasteiger partial charge in [-0.1, -0.05) is 6.92 Å². The van der Waals surface area contributed by atoms with Crippen molar-refractivity contribution in [2.24, 2.45) is 11.1 Å². The lowest BCUT2D eigenvalue weighted by molar-refractivity contribution is 0.239. The molecule has 0 aliphatic carbocycles. The number of hydrogen-bond donors (Lipinski definition) is 1. The maximum Gasteiger partial charge on any atom is 0.0140 e. The zero-order valence-corrected chi connectivity index (χ0v) is 5.24. The van der Waals surface area contributed by atoms with E-state index >= 15 is 0 Å². The first-order chi connectivity index (χ1) is 3.33. The van der Waals surface area contributed by atoms with E-state index in [2.05, 4.69) is 11.2 Å². The van der Waals surface area contributed by atoms with Gasteiger partial charge in [-0.15, -0.1) is 0 Å². The van der Waals surface area contributed by atoms with E-state index < -0.39 is 0 Å². The normalized spacial score (nSPS) is 24.9. The minimum atomic E-state index is 0.871. The van der Waals surface area contributed by atoms with Crippen LogP contribution in [0.5, 0.6) is 0 Å². The Labute approximate surface area is 48.3 Å². The highest BCUT2D eigenvalue weighted by atomic mass is 32.2. The monoisotopic (exact) mass is 118 g/mol. The highest BCUT2D eigenvalue weighted by molar-refractivity contribution is 7.94. The Kier molecular flexibility index (Phi) is 1.57. The smallest absolute Gasteiger partial charge is 0.0140 e. The third kappa shape index (κ3) is 1.08. The van der Waals surface area contributed by atoms with E-state index in [0.29, 0.717) is 0 Å². The van der Waals surface area contributed by atoms with Gasteiger partial charge in [0.05, 0.1) is 0 Å². The van der Waals surface area contributed by atoms with Gasteiger partial charge in [0.15, 0.2) is 0 Å². The van der Waals surface area contributed by atoms with Crippen LogP contribution >= 0.6 is 12.1 Å². The molecular weight excluding hydrogens is 108 g/mol. The summed E-state index contributed by atoms with van der Waals surface area (Å²) in [6.07, 6.45) is 0. The molecule has 0 radical (unpaired) electrons. The minimum absolute atomic E-state index is 0.871. The lowest BCUT2D eigenvalue weighted by atomic mass is 10.1. The van der Waals surface area contributed by atoms with Crippen LogP contribution in [-0.4, -0.2) is 17.4 Å². The molecule has 1 aliphatic heterocycles. The highest BCUT2D eigenvalue weighted by Crippen LogP contribution is 2.18. The van der Waals surface area contributed by atoms with Crippen LogP contribution in [-0.2, 0) is 0 Å². The van der Waals surface area contributed by atoms with Crippen LogP contribution in [0.2, 0.25) is 0 Å². The van der Waals surface area contributed by atoms with E-state index in [4.69, 9.17) is 5.14 Å². The molecule has 2 nitrogen and oxygen atoms in total. The van der Waals surface area contributed by atoms with Crippen LogP contribution in [0.4, 0.5) is 0 Å². The Bertz CT molecular complexity index is 60.7. The quantitative estimate of drug-likeness (QED) is 0.507. The second-order valence-electron chi connectivity index (χ2n) is 2.06. The van der Waals surface area contributed by atoms with E-state index in [1.54, 1.807) is 0 Å². The molecule has 0 atom stereocenters. The molecule has 1 rings (SSSR count). The number of hydrogen-bond acceptors (Lipinski definition) is 3. The van der Waals surface area contributed by atoms with E-state index in [-0.39, 0.29) is 0 Å². The van der Waals surface area contributed by atoms with Crippen molar-refractivity contribution in [3.63, 3.8) is 0 Å². The van der Waals surface area contributed by atoms with Crippen molar-refractivity contribution in [3.8, 4) is 0 Å². The average Bonchev–Trinajstić information content (AvgIpc) is 1.58. The number of nitrogens with zero attached hydrogens (tertiary/aromatic N) is 1. The molecule has 7 heavy (non-hydrogen) atoms. The van der Waals surface area contributed by atoms with Crippen molar-refractivity contribution in [1.82, 2.24) is 4.31 Å². The Morgan fingerprint density at radius 1 is 1.71 bits per heavy atom. The molecule has 0 bridgehead atoms. The van der Waals surface area contributed by atoms with Gasteiger partial charge in [0.2, 0.25) is 0 Å². The summed E-state index contributed by atoms with van der Waals surface area (Å²) in [6.45, 7) is 4.56. The van der Waals surface area contributed by atoms with Crippen molar-refractivity contribution in [1.29, 1.82) is 0 Å². The first-order valence-electron chi connectivity index (χ1n) is 2.44. The molecular formula is C4H10N2S. The largest absolute Gasteiger partial charge is 0.264 e. The SMILES string of the molecule is CC1CN(SN)C1. The standard InChI is InChI=1S/C4H10N2S/c1-4-2-6(3-4)7-5/h4H,2-3,5H2,1H3. The average molecular weight is 118 g/mol. The molecule has 0 spiro atoms. The zero-order chi connectivity index (χ0) is 5.28. The van der Waals surface area contributed by atoms with E-state index in [1.165, 1.54) is 25.2 Å². The van der Waals surface area contributed by atoms with Gasteiger partial charge in [0.25, 0.3) is 0 Å². The fourth-order valence-corrected chi connectivity index (χ4v) is 1.41. The topological polar surface area (TPSA) is 29.3 Å². The summed E-state index contributed by atoms with van der Waals surface area (Å²) in [6, 6.07) is 0. The van der Waals surface area contributed by atoms with Gasteiger partial charge in [-0.05, 0) is 5.92 Å². The molecule has 0 aromatic rings. The lowest BCUT2D eigenvalue weighted by Crippen LogP contribution is -2.40. The summed E-state index contributed by atoms with van der Waals surface area (Å²) in [5.74, 6) is 0.871.